The molecule has 0 saturated heterocycles. The molecular formula is C21H19FN2O4. The highest BCUT2D eigenvalue weighted by atomic mass is 19.1. The summed E-state index contributed by atoms with van der Waals surface area (Å²) in [5.41, 5.74) is 1.75. The zero-order valence-corrected chi connectivity index (χ0v) is 15.2. The fourth-order valence-corrected chi connectivity index (χ4v) is 3.02. The zero-order valence-electron chi connectivity index (χ0n) is 15.2. The molecule has 28 heavy (non-hydrogen) atoms. The Morgan fingerprint density at radius 3 is 2.57 bits per heavy atom. The van der Waals surface area contributed by atoms with Gasteiger partial charge in [0.1, 0.15) is 5.82 Å². The minimum absolute atomic E-state index is 0.0117. The van der Waals surface area contributed by atoms with Gasteiger partial charge in [0.25, 0.3) is 5.91 Å². The van der Waals surface area contributed by atoms with E-state index in [-0.39, 0.29) is 18.0 Å². The maximum Gasteiger partial charge on any atom is 0.308 e. The minimum atomic E-state index is -0.647. The highest BCUT2D eigenvalue weighted by molar-refractivity contribution is 5.93. The molecule has 2 aromatic carbocycles. The summed E-state index contributed by atoms with van der Waals surface area (Å²) in [7, 11) is 0. The van der Waals surface area contributed by atoms with Crippen molar-refractivity contribution in [2.45, 2.75) is 19.4 Å². The van der Waals surface area contributed by atoms with Crippen molar-refractivity contribution in [3.05, 3.63) is 71.7 Å². The van der Waals surface area contributed by atoms with E-state index in [1.54, 1.807) is 18.3 Å². The van der Waals surface area contributed by atoms with E-state index in [0.717, 1.165) is 11.1 Å². The molecular weight excluding hydrogens is 363 g/mol. The van der Waals surface area contributed by atoms with E-state index in [2.05, 4.69) is 5.32 Å². The SMILES string of the molecule is CC(=O)N1C=Cc2ccccc2[C@@H]1CC(=O)OCC(=O)Nc1ccccc1F. The molecule has 0 unspecified atom stereocenters. The maximum absolute atomic E-state index is 13.6. The van der Waals surface area contributed by atoms with Crippen LogP contribution >= 0.6 is 0 Å². The topological polar surface area (TPSA) is 75.7 Å². The van der Waals surface area contributed by atoms with Crippen LogP contribution in [0.2, 0.25) is 0 Å². The average molecular weight is 382 g/mol. The van der Waals surface area contributed by atoms with Crippen molar-refractivity contribution in [3.8, 4) is 0 Å². The Morgan fingerprint density at radius 1 is 1.11 bits per heavy atom. The molecule has 0 spiro atoms. The van der Waals surface area contributed by atoms with E-state index < -0.39 is 30.3 Å². The number of amides is 2. The Bertz CT molecular complexity index is 942. The van der Waals surface area contributed by atoms with Crippen LogP contribution in [0.15, 0.2) is 54.7 Å². The van der Waals surface area contributed by atoms with Gasteiger partial charge in [-0.2, -0.15) is 0 Å². The van der Waals surface area contributed by atoms with E-state index in [0.29, 0.717) is 0 Å². The van der Waals surface area contributed by atoms with Crippen LogP contribution in [0, 0.1) is 5.82 Å². The average Bonchev–Trinajstić information content (AvgIpc) is 2.68. The molecule has 1 aliphatic heterocycles. The third kappa shape index (κ3) is 4.43. The predicted octanol–water partition coefficient (Wildman–Crippen LogP) is 3.27. The van der Waals surface area contributed by atoms with Crippen LogP contribution in [-0.2, 0) is 19.1 Å². The number of rotatable bonds is 5. The van der Waals surface area contributed by atoms with Gasteiger partial charge < -0.3 is 15.0 Å². The fraction of sp³-hybridized carbons (Fsp3) is 0.190. The molecule has 0 radical (unpaired) electrons. The van der Waals surface area contributed by atoms with Gasteiger partial charge in [0.2, 0.25) is 5.91 Å². The number of carbonyl (C=O) groups is 3. The van der Waals surface area contributed by atoms with Crippen LogP contribution in [0.25, 0.3) is 6.08 Å². The van der Waals surface area contributed by atoms with Crippen LogP contribution in [0.1, 0.15) is 30.5 Å². The van der Waals surface area contributed by atoms with Crippen LogP contribution in [0.3, 0.4) is 0 Å². The van der Waals surface area contributed by atoms with E-state index in [1.807, 2.05) is 24.3 Å². The number of hydrogen-bond donors (Lipinski definition) is 1. The normalized spacial score (nSPS) is 14.9. The molecule has 3 rings (SSSR count). The van der Waals surface area contributed by atoms with Crippen molar-refractivity contribution in [2.75, 3.05) is 11.9 Å². The van der Waals surface area contributed by atoms with Gasteiger partial charge in [-0.3, -0.25) is 14.4 Å². The van der Waals surface area contributed by atoms with Crippen molar-refractivity contribution >= 4 is 29.5 Å². The molecule has 0 bridgehead atoms. The number of nitrogens with zero attached hydrogens (tertiary/aromatic N) is 1. The lowest BCUT2D eigenvalue weighted by molar-refractivity contribution is -0.149. The molecule has 0 aromatic heterocycles. The van der Waals surface area contributed by atoms with Gasteiger partial charge in [-0.05, 0) is 29.3 Å². The quantitative estimate of drug-likeness (QED) is 0.806. The summed E-state index contributed by atoms with van der Waals surface area (Å²) in [6.07, 6.45) is 3.34. The van der Waals surface area contributed by atoms with Crippen LogP contribution < -0.4 is 5.32 Å². The number of benzene rings is 2. The monoisotopic (exact) mass is 382 g/mol. The van der Waals surface area contributed by atoms with Gasteiger partial charge in [-0.25, -0.2) is 4.39 Å². The Balaban J connectivity index is 1.62. The standard InChI is InChI=1S/C21H19FN2O4/c1-14(25)24-11-10-15-6-2-3-7-16(15)19(24)12-21(27)28-13-20(26)23-18-9-5-4-8-17(18)22/h2-11,19H,12-13H2,1H3,(H,23,26)/t19-/m0/s1. The molecule has 7 heteroatoms. The second-order valence-electron chi connectivity index (χ2n) is 6.28. The highest BCUT2D eigenvalue weighted by Crippen LogP contribution is 2.33. The van der Waals surface area contributed by atoms with Crippen LogP contribution in [-0.4, -0.2) is 29.3 Å². The minimum Gasteiger partial charge on any atom is -0.455 e. The van der Waals surface area contributed by atoms with Gasteiger partial charge in [-0.1, -0.05) is 36.4 Å². The molecule has 1 N–H and O–H groups in total. The number of nitrogens with one attached hydrogen (secondary N) is 1. The molecule has 0 fully saturated rings. The third-order valence-electron chi connectivity index (χ3n) is 4.34. The van der Waals surface area contributed by atoms with Crippen LogP contribution in [0.5, 0.6) is 0 Å². The first-order valence-electron chi connectivity index (χ1n) is 8.71. The number of para-hydroxylation sites is 1. The number of halogens is 1. The Kier molecular flexibility index (Phi) is 5.84. The zero-order chi connectivity index (χ0) is 20.1. The van der Waals surface area contributed by atoms with Gasteiger partial charge in [0.05, 0.1) is 18.2 Å². The lowest BCUT2D eigenvalue weighted by atomic mass is 9.94. The number of carbonyl (C=O) groups excluding carboxylic acids is 3. The van der Waals surface area contributed by atoms with Gasteiger partial charge in [0, 0.05) is 13.1 Å². The first kappa shape index (κ1) is 19.3. The first-order chi connectivity index (χ1) is 13.5. The molecule has 2 aromatic rings. The smallest absolute Gasteiger partial charge is 0.308 e. The molecule has 6 nitrogen and oxygen atoms in total. The molecule has 0 saturated carbocycles. The van der Waals surface area contributed by atoms with Crippen molar-refractivity contribution < 1.29 is 23.5 Å². The molecule has 0 aliphatic carbocycles. The van der Waals surface area contributed by atoms with E-state index in [4.69, 9.17) is 4.74 Å². The molecule has 1 atom stereocenters. The summed E-state index contributed by atoms with van der Waals surface area (Å²) < 4.78 is 18.6. The fourth-order valence-electron chi connectivity index (χ4n) is 3.02. The molecule has 144 valence electrons. The lowest BCUT2D eigenvalue weighted by Gasteiger charge is -2.32. The van der Waals surface area contributed by atoms with Crippen molar-refractivity contribution in [1.29, 1.82) is 0 Å². The van der Waals surface area contributed by atoms with E-state index in [1.165, 1.54) is 30.0 Å². The predicted molar refractivity (Wildman–Crippen MR) is 101 cm³/mol. The maximum atomic E-state index is 13.6. The van der Waals surface area contributed by atoms with Crippen molar-refractivity contribution in [2.24, 2.45) is 0 Å². The Hall–Kier alpha value is -3.48. The van der Waals surface area contributed by atoms with Gasteiger partial charge in [-0.15, -0.1) is 0 Å². The number of anilines is 1. The number of fused-ring (bicyclic) bond motifs is 1. The molecule has 2 amide bonds. The van der Waals surface area contributed by atoms with Crippen molar-refractivity contribution in [3.63, 3.8) is 0 Å². The van der Waals surface area contributed by atoms with Crippen LogP contribution in [0.4, 0.5) is 10.1 Å². The second kappa shape index (κ2) is 8.47. The summed E-state index contributed by atoms with van der Waals surface area (Å²) in [4.78, 5) is 37.6. The summed E-state index contributed by atoms with van der Waals surface area (Å²) in [5, 5.41) is 2.34. The van der Waals surface area contributed by atoms with E-state index in [9.17, 15) is 18.8 Å². The number of hydrogen-bond acceptors (Lipinski definition) is 4. The van der Waals surface area contributed by atoms with E-state index >= 15 is 0 Å². The largest absolute Gasteiger partial charge is 0.455 e. The molecule has 1 aliphatic rings. The lowest BCUT2D eigenvalue weighted by Crippen LogP contribution is -2.33. The summed E-state index contributed by atoms with van der Waals surface area (Å²) in [5.74, 6) is -2.07. The summed E-state index contributed by atoms with van der Waals surface area (Å²) in [6.45, 7) is 0.871. The number of esters is 1. The second-order valence-corrected chi connectivity index (χ2v) is 6.28. The Morgan fingerprint density at radius 2 is 1.82 bits per heavy atom. The third-order valence-corrected chi connectivity index (χ3v) is 4.34. The van der Waals surface area contributed by atoms with Crippen molar-refractivity contribution in [1.82, 2.24) is 4.90 Å². The van der Waals surface area contributed by atoms with Gasteiger partial charge in [0.15, 0.2) is 6.61 Å². The molecule has 1 heterocycles. The van der Waals surface area contributed by atoms with Gasteiger partial charge >= 0.3 is 5.97 Å². The summed E-state index contributed by atoms with van der Waals surface area (Å²) in [6, 6.07) is 12.6. The highest BCUT2D eigenvalue weighted by Gasteiger charge is 2.28. The Labute approximate surface area is 161 Å². The first-order valence-corrected chi connectivity index (χ1v) is 8.71. The summed E-state index contributed by atoms with van der Waals surface area (Å²) >= 11 is 0. The number of ether oxygens (including phenoxy) is 1.